The Bertz CT molecular complexity index is 1060. The molecule has 2 aromatic carbocycles. The molecule has 0 saturated carbocycles. The number of nitrogens with zero attached hydrogens (tertiary/aromatic N) is 1. The Labute approximate surface area is 181 Å². The van der Waals surface area contributed by atoms with Gasteiger partial charge in [0.15, 0.2) is 0 Å². The maximum absolute atomic E-state index is 13.0. The van der Waals surface area contributed by atoms with Crippen molar-refractivity contribution < 1.29 is 4.79 Å². The number of hydrogen-bond donors (Lipinski definition) is 1. The van der Waals surface area contributed by atoms with Crippen molar-refractivity contribution in [1.29, 1.82) is 0 Å². The SMILES string of the molecule is Cc1cc2ccc(C(=O)N[C@@H](C)c3cccc(C(C)(C)C)c3)cc2n1CC(C)(C)C. The van der Waals surface area contributed by atoms with Gasteiger partial charge in [0.25, 0.3) is 5.91 Å². The number of aryl methyl sites for hydroxylation is 1. The number of carbonyl (C=O) groups excluding carboxylic acids is 1. The lowest BCUT2D eigenvalue weighted by Gasteiger charge is -2.22. The van der Waals surface area contributed by atoms with Crippen molar-refractivity contribution in [2.75, 3.05) is 0 Å². The summed E-state index contributed by atoms with van der Waals surface area (Å²) in [5, 5.41) is 4.36. The summed E-state index contributed by atoms with van der Waals surface area (Å²) in [5.41, 5.74) is 5.71. The van der Waals surface area contributed by atoms with Gasteiger partial charge < -0.3 is 9.88 Å². The maximum atomic E-state index is 13.0. The van der Waals surface area contributed by atoms with E-state index < -0.39 is 0 Å². The fourth-order valence-corrected chi connectivity index (χ4v) is 3.86. The van der Waals surface area contributed by atoms with Gasteiger partial charge in [-0.3, -0.25) is 4.79 Å². The lowest BCUT2D eigenvalue weighted by atomic mass is 9.85. The second-order valence-corrected chi connectivity index (χ2v) is 10.8. The van der Waals surface area contributed by atoms with E-state index in [-0.39, 0.29) is 22.8 Å². The first-order chi connectivity index (χ1) is 13.8. The Balaban J connectivity index is 1.86. The Morgan fingerprint density at radius 1 is 1.00 bits per heavy atom. The Morgan fingerprint density at radius 2 is 1.70 bits per heavy atom. The van der Waals surface area contributed by atoms with E-state index in [2.05, 4.69) is 94.7 Å². The highest BCUT2D eigenvalue weighted by molar-refractivity contribution is 5.98. The van der Waals surface area contributed by atoms with Crippen molar-refractivity contribution in [1.82, 2.24) is 9.88 Å². The van der Waals surface area contributed by atoms with E-state index in [0.717, 1.165) is 17.6 Å². The summed E-state index contributed by atoms with van der Waals surface area (Å²) in [6.07, 6.45) is 0. The van der Waals surface area contributed by atoms with E-state index >= 15 is 0 Å². The molecule has 30 heavy (non-hydrogen) atoms. The van der Waals surface area contributed by atoms with Crippen LogP contribution in [-0.4, -0.2) is 10.5 Å². The molecule has 0 bridgehead atoms. The quantitative estimate of drug-likeness (QED) is 0.511. The standard InChI is InChI=1S/C27H36N2O/c1-18-14-21-12-13-22(16-24(21)29(18)17-26(3,4)5)25(30)28-19(2)20-10-9-11-23(15-20)27(6,7)8/h9-16,19H,17H2,1-8H3,(H,28,30)/t19-/m0/s1. The summed E-state index contributed by atoms with van der Waals surface area (Å²) in [6.45, 7) is 18.4. The molecule has 0 aliphatic rings. The molecule has 160 valence electrons. The molecular formula is C27H36N2O. The van der Waals surface area contributed by atoms with Crippen LogP contribution in [0.3, 0.4) is 0 Å². The van der Waals surface area contributed by atoms with Crippen LogP contribution < -0.4 is 5.32 Å². The van der Waals surface area contributed by atoms with E-state index in [9.17, 15) is 4.79 Å². The number of carbonyl (C=O) groups is 1. The van der Waals surface area contributed by atoms with Gasteiger partial charge in [0, 0.05) is 23.3 Å². The number of rotatable bonds is 4. The largest absolute Gasteiger partial charge is 0.346 e. The van der Waals surface area contributed by atoms with Gasteiger partial charge in [-0.15, -0.1) is 0 Å². The van der Waals surface area contributed by atoms with Gasteiger partial charge in [0.05, 0.1) is 6.04 Å². The lowest BCUT2D eigenvalue weighted by molar-refractivity contribution is 0.0940. The minimum Gasteiger partial charge on any atom is -0.346 e. The van der Waals surface area contributed by atoms with Crippen molar-refractivity contribution in [2.45, 2.75) is 73.4 Å². The average molecular weight is 405 g/mol. The van der Waals surface area contributed by atoms with E-state index in [1.54, 1.807) is 0 Å². The molecule has 0 saturated heterocycles. The highest BCUT2D eigenvalue weighted by Crippen LogP contribution is 2.27. The maximum Gasteiger partial charge on any atom is 0.251 e. The molecule has 0 aliphatic heterocycles. The van der Waals surface area contributed by atoms with E-state index in [1.807, 2.05) is 19.1 Å². The summed E-state index contributed by atoms with van der Waals surface area (Å²) >= 11 is 0. The normalized spacial score (nSPS) is 13.5. The van der Waals surface area contributed by atoms with Crippen LogP contribution in [0.4, 0.5) is 0 Å². The first kappa shape index (κ1) is 22.1. The van der Waals surface area contributed by atoms with Gasteiger partial charge in [-0.25, -0.2) is 0 Å². The first-order valence-electron chi connectivity index (χ1n) is 10.9. The smallest absolute Gasteiger partial charge is 0.251 e. The van der Waals surface area contributed by atoms with Gasteiger partial charge in [0.1, 0.15) is 0 Å². The molecule has 0 fully saturated rings. The molecule has 0 spiro atoms. The third kappa shape index (κ3) is 4.95. The summed E-state index contributed by atoms with van der Waals surface area (Å²) in [5.74, 6) is -0.0354. The molecule has 3 nitrogen and oxygen atoms in total. The van der Waals surface area contributed by atoms with Crippen LogP contribution in [0.1, 0.15) is 81.7 Å². The molecular weight excluding hydrogens is 368 g/mol. The molecule has 1 atom stereocenters. The molecule has 0 aliphatic carbocycles. The highest BCUT2D eigenvalue weighted by Gasteiger charge is 2.19. The topological polar surface area (TPSA) is 34.0 Å². The van der Waals surface area contributed by atoms with Crippen LogP contribution in [0.5, 0.6) is 0 Å². The van der Waals surface area contributed by atoms with Gasteiger partial charge in [-0.2, -0.15) is 0 Å². The fraction of sp³-hybridized carbons (Fsp3) is 0.444. The molecule has 3 rings (SSSR count). The van der Waals surface area contributed by atoms with Gasteiger partial charge in [-0.05, 0) is 59.4 Å². The molecule has 3 heteroatoms. The molecule has 1 amide bonds. The van der Waals surface area contributed by atoms with E-state index in [0.29, 0.717) is 5.56 Å². The molecule has 1 N–H and O–H groups in total. The molecule has 0 radical (unpaired) electrons. The number of hydrogen-bond acceptors (Lipinski definition) is 1. The summed E-state index contributed by atoms with van der Waals surface area (Å²) in [6, 6.07) is 16.7. The van der Waals surface area contributed by atoms with Gasteiger partial charge in [0.2, 0.25) is 0 Å². The number of benzene rings is 2. The van der Waals surface area contributed by atoms with Crippen LogP contribution in [-0.2, 0) is 12.0 Å². The predicted molar refractivity (Wildman–Crippen MR) is 127 cm³/mol. The average Bonchev–Trinajstić information content (AvgIpc) is 2.94. The van der Waals surface area contributed by atoms with Gasteiger partial charge >= 0.3 is 0 Å². The Morgan fingerprint density at radius 3 is 2.33 bits per heavy atom. The van der Waals surface area contributed by atoms with Crippen LogP contribution in [0.15, 0.2) is 48.5 Å². The van der Waals surface area contributed by atoms with E-state index in [1.165, 1.54) is 16.6 Å². The monoisotopic (exact) mass is 404 g/mol. The summed E-state index contributed by atoms with van der Waals surface area (Å²) in [7, 11) is 0. The number of nitrogens with one attached hydrogen (secondary N) is 1. The Hall–Kier alpha value is -2.55. The molecule has 1 aromatic heterocycles. The predicted octanol–water partition coefficient (Wildman–Crippen LogP) is 6.78. The van der Waals surface area contributed by atoms with Crippen LogP contribution in [0, 0.1) is 12.3 Å². The lowest BCUT2D eigenvalue weighted by Crippen LogP contribution is -2.27. The van der Waals surface area contributed by atoms with Crippen LogP contribution >= 0.6 is 0 Å². The van der Waals surface area contributed by atoms with Crippen molar-refractivity contribution in [3.63, 3.8) is 0 Å². The van der Waals surface area contributed by atoms with Gasteiger partial charge in [-0.1, -0.05) is 71.9 Å². The second-order valence-electron chi connectivity index (χ2n) is 10.8. The zero-order chi connectivity index (χ0) is 22.3. The van der Waals surface area contributed by atoms with Crippen molar-refractivity contribution in [3.05, 3.63) is 70.9 Å². The first-order valence-corrected chi connectivity index (χ1v) is 10.9. The summed E-state index contributed by atoms with van der Waals surface area (Å²) < 4.78 is 2.32. The number of aromatic nitrogens is 1. The van der Waals surface area contributed by atoms with Crippen LogP contribution in [0.25, 0.3) is 10.9 Å². The molecule has 1 heterocycles. The van der Waals surface area contributed by atoms with Crippen molar-refractivity contribution in [2.24, 2.45) is 5.41 Å². The second kappa shape index (κ2) is 7.94. The number of fused-ring (bicyclic) bond motifs is 1. The summed E-state index contributed by atoms with van der Waals surface area (Å²) in [4.78, 5) is 13.0. The van der Waals surface area contributed by atoms with E-state index in [4.69, 9.17) is 0 Å². The minimum atomic E-state index is -0.0569. The van der Waals surface area contributed by atoms with Crippen molar-refractivity contribution in [3.8, 4) is 0 Å². The number of amides is 1. The molecule has 0 unspecified atom stereocenters. The zero-order valence-electron chi connectivity index (χ0n) is 19.8. The third-order valence-corrected chi connectivity index (χ3v) is 5.61. The zero-order valence-corrected chi connectivity index (χ0v) is 19.8. The minimum absolute atomic E-state index is 0.0354. The highest BCUT2D eigenvalue weighted by atomic mass is 16.1. The third-order valence-electron chi connectivity index (χ3n) is 5.61. The molecule has 3 aromatic rings. The Kier molecular flexibility index (Phi) is 5.86. The van der Waals surface area contributed by atoms with Crippen molar-refractivity contribution >= 4 is 16.8 Å². The fourth-order valence-electron chi connectivity index (χ4n) is 3.86. The van der Waals surface area contributed by atoms with Crippen LogP contribution in [0.2, 0.25) is 0 Å².